The van der Waals surface area contributed by atoms with Crippen LogP contribution in [0.3, 0.4) is 0 Å². The maximum atomic E-state index is 12.6. The Labute approximate surface area is 195 Å². The largest absolute Gasteiger partial charge is 0.497 e. The standard InChI is InChI=1S/C23H25BrN4O2S/c1-28-13-11-23(12-14-28)26-21(16-3-5-17(24)6-4-16)22(27-23)31-15-20(29)25-18-7-9-19(30-2)10-8-18/h3-10H,11-15H2,1-2H3,(H,25,29). The highest BCUT2D eigenvalue weighted by molar-refractivity contribution is 9.10. The number of aliphatic imine (C=N–C) groups is 2. The molecule has 1 fully saturated rings. The van der Waals surface area contributed by atoms with Crippen LogP contribution in [0.5, 0.6) is 5.75 Å². The Kier molecular flexibility index (Phi) is 6.79. The number of likely N-dealkylation sites (tertiary alicyclic amines) is 1. The average Bonchev–Trinajstić information content (AvgIpc) is 3.14. The number of halogens is 1. The lowest BCUT2D eigenvalue weighted by atomic mass is 9.99. The molecule has 2 heterocycles. The van der Waals surface area contributed by atoms with E-state index in [9.17, 15) is 4.79 Å². The van der Waals surface area contributed by atoms with Crippen molar-refractivity contribution in [2.24, 2.45) is 9.98 Å². The molecule has 0 unspecified atom stereocenters. The molecule has 1 amide bonds. The highest BCUT2D eigenvalue weighted by Crippen LogP contribution is 2.35. The summed E-state index contributed by atoms with van der Waals surface area (Å²) < 4.78 is 6.18. The third kappa shape index (κ3) is 5.37. The molecular formula is C23H25BrN4O2S. The molecule has 6 nitrogen and oxygen atoms in total. The van der Waals surface area contributed by atoms with E-state index in [4.69, 9.17) is 14.7 Å². The molecule has 1 saturated heterocycles. The summed E-state index contributed by atoms with van der Waals surface area (Å²) in [4.78, 5) is 25.0. The Balaban J connectivity index is 1.48. The van der Waals surface area contributed by atoms with Gasteiger partial charge < -0.3 is 15.0 Å². The van der Waals surface area contributed by atoms with Gasteiger partial charge in [0.1, 0.15) is 10.8 Å². The fraction of sp³-hybridized carbons (Fsp3) is 0.348. The second-order valence-electron chi connectivity index (χ2n) is 7.74. The van der Waals surface area contributed by atoms with Crippen molar-refractivity contribution in [3.8, 4) is 5.75 Å². The Bertz CT molecular complexity index is 997. The lowest BCUT2D eigenvalue weighted by molar-refractivity contribution is -0.113. The highest BCUT2D eigenvalue weighted by atomic mass is 79.9. The maximum Gasteiger partial charge on any atom is 0.234 e. The molecule has 2 aliphatic heterocycles. The fourth-order valence-electron chi connectivity index (χ4n) is 3.62. The number of nitrogens with zero attached hydrogens (tertiary/aromatic N) is 3. The van der Waals surface area contributed by atoms with Crippen LogP contribution >= 0.6 is 27.7 Å². The van der Waals surface area contributed by atoms with Crippen LogP contribution in [-0.4, -0.2) is 60.2 Å². The van der Waals surface area contributed by atoms with Gasteiger partial charge in [0.05, 0.1) is 18.6 Å². The summed E-state index contributed by atoms with van der Waals surface area (Å²) in [6, 6.07) is 15.4. The molecule has 0 bridgehead atoms. The quantitative estimate of drug-likeness (QED) is 0.658. The second kappa shape index (κ2) is 9.54. The summed E-state index contributed by atoms with van der Waals surface area (Å²) >= 11 is 4.95. The van der Waals surface area contributed by atoms with Gasteiger partial charge in [-0.15, -0.1) is 0 Å². The van der Waals surface area contributed by atoms with Gasteiger partial charge in [0, 0.05) is 41.7 Å². The van der Waals surface area contributed by atoms with Crippen LogP contribution in [0.4, 0.5) is 5.69 Å². The van der Waals surface area contributed by atoms with Gasteiger partial charge in [-0.25, -0.2) is 4.99 Å². The minimum absolute atomic E-state index is 0.0719. The molecule has 2 aromatic rings. The number of piperidine rings is 1. The Morgan fingerprint density at radius 3 is 2.45 bits per heavy atom. The molecule has 162 valence electrons. The number of rotatable bonds is 5. The second-order valence-corrected chi connectivity index (χ2v) is 9.62. The van der Waals surface area contributed by atoms with Gasteiger partial charge in [-0.3, -0.25) is 9.79 Å². The van der Waals surface area contributed by atoms with Crippen molar-refractivity contribution >= 4 is 50.0 Å². The van der Waals surface area contributed by atoms with Crippen molar-refractivity contribution in [1.82, 2.24) is 4.90 Å². The number of anilines is 1. The number of nitrogens with one attached hydrogen (secondary N) is 1. The zero-order valence-corrected chi connectivity index (χ0v) is 20.0. The van der Waals surface area contributed by atoms with E-state index in [1.807, 2.05) is 48.5 Å². The number of amides is 1. The van der Waals surface area contributed by atoms with Crippen LogP contribution in [0.2, 0.25) is 0 Å². The van der Waals surface area contributed by atoms with Crippen molar-refractivity contribution in [3.63, 3.8) is 0 Å². The summed E-state index contributed by atoms with van der Waals surface area (Å²) in [6.45, 7) is 1.94. The van der Waals surface area contributed by atoms with Crippen LogP contribution in [0.25, 0.3) is 0 Å². The number of benzene rings is 2. The summed E-state index contributed by atoms with van der Waals surface area (Å²) in [5.74, 6) is 0.958. The van der Waals surface area contributed by atoms with Crippen molar-refractivity contribution in [2.75, 3.05) is 38.3 Å². The average molecular weight is 501 g/mol. The minimum Gasteiger partial charge on any atom is -0.497 e. The molecule has 0 aromatic heterocycles. The van der Waals surface area contributed by atoms with Crippen molar-refractivity contribution < 1.29 is 9.53 Å². The molecule has 1 spiro atoms. The number of hydrogen-bond acceptors (Lipinski definition) is 6. The van der Waals surface area contributed by atoms with Gasteiger partial charge in [-0.1, -0.05) is 39.8 Å². The molecule has 2 aromatic carbocycles. The van der Waals surface area contributed by atoms with Crippen LogP contribution < -0.4 is 10.1 Å². The predicted molar refractivity (Wildman–Crippen MR) is 132 cm³/mol. The smallest absolute Gasteiger partial charge is 0.234 e. The van der Waals surface area contributed by atoms with E-state index in [1.54, 1.807) is 7.11 Å². The topological polar surface area (TPSA) is 66.3 Å². The van der Waals surface area contributed by atoms with Gasteiger partial charge in [-0.2, -0.15) is 0 Å². The summed E-state index contributed by atoms with van der Waals surface area (Å²) in [5.41, 5.74) is 2.26. The first-order valence-corrected chi connectivity index (χ1v) is 12.0. The molecule has 0 atom stereocenters. The number of thioether (sulfide) groups is 1. The van der Waals surface area contributed by atoms with E-state index >= 15 is 0 Å². The van der Waals surface area contributed by atoms with Crippen LogP contribution in [-0.2, 0) is 4.79 Å². The fourth-order valence-corrected chi connectivity index (χ4v) is 4.76. The number of carbonyl (C=O) groups is 1. The van der Waals surface area contributed by atoms with Gasteiger partial charge in [-0.05, 0) is 43.4 Å². The zero-order valence-electron chi connectivity index (χ0n) is 17.6. The SMILES string of the molecule is COc1ccc(NC(=O)CSC2=NC3(CCN(C)CC3)N=C2c2ccc(Br)cc2)cc1. The molecule has 2 aliphatic rings. The number of carbonyl (C=O) groups excluding carboxylic acids is 1. The van der Waals surface area contributed by atoms with E-state index in [0.717, 1.165) is 58.2 Å². The number of hydrogen-bond donors (Lipinski definition) is 1. The summed E-state index contributed by atoms with van der Waals surface area (Å²) in [5, 5.41) is 3.78. The lowest BCUT2D eigenvalue weighted by Gasteiger charge is -2.33. The molecule has 0 radical (unpaired) electrons. The van der Waals surface area contributed by atoms with Crippen molar-refractivity contribution in [3.05, 3.63) is 58.6 Å². The third-order valence-corrected chi connectivity index (χ3v) is 6.94. The van der Waals surface area contributed by atoms with Gasteiger partial charge >= 0.3 is 0 Å². The maximum absolute atomic E-state index is 12.6. The first kappa shape index (κ1) is 22.0. The van der Waals surface area contributed by atoms with Gasteiger partial charge in [0.25, 0.3) is 0 Å². The molecular weight excluding hydrogens is 476 g/mol. The monoisotopic (exact) mass is 500 g/mol. The Morgan fingerprint density at radius 2 is 1.81 bits per heavy atom. The third-order valence-electron chi connectivity index (χ3n) is 5.45. The Hall–Kier alpha value is -2.16. The predicted octanol–water partition coefficient (Wildman–Crippen LogP) is 4.45. The number of ether oxygens (including phenoxy) is 1. The lowest BCUT2D eigenvalue weighted by Crippen LogP contribution is -2.39. The van der Waals surface area contributed by atoms with Gasteiger partial charge in [0.15, 0.2) is 5.66 Å². The first-order valence-electron chi connectivity index (χ1n) is 10.2. The summed E-state index contributed by atoms with van der Waals surface area (Å²) in [7, 11) is 3.75. The summed E-state index contributed by atoms with van der Waals surface area (Å²) in [6.07, 6.45) is 1.79. The molecule has 31 heavy (non-hydrogen) atoms. The first-order chi connectivity index (χ1) is 15.0. The van der Waals surface area contributed by atoms with Crippen molar-refractivity contribution in [1.29, 1.82) is 0 Å². The van der Waals surface area contributed by atoms with Crippen LogP contribution in [0.1, 0.15) is 18.4 Å². The molecule has 1 N–H and O–H groups in total. The molecule has 0 aliphatic carbocycles. The van der Waals surface area contributed by atoms with Crippen LogP contribution in [0, 0.1) is 0 Å². The van der Waals surface area contributed by atoms with Crippen LogP contribution in [0.15, 0.2) is 63.0 Å². The Morgan fingerprint density at radius 1 is 1.13 bits per heavy atom. The number of methoxy groups -OCH3 is 1. The molecule has 4 rings (SSSR count). The molecule has 8 heteroatoms. The van der Waals surface area contributed by atoms with Gasteiger partial charge in [0.2, 0.25) is 5.91 Å². The molecule has 0 saturated carbocycles. The minimum atomic E-state index is -0.399. The highest BCUT2D eigenvalue weighted by Gasteiger charge is 2.39. The zero-order chi connectivity index (χ0) is 21.8. The normalized spacial score (nSPS) is 17.9. The van der Waals surface area contributed by atoms with E-state index in [-0.39, 0.29) is 11.7 Å². The van der Waals surface area contributed by atoms with E-state index < -0.39 is 5.66 Å². The van der Waals surface area contributed by atoms with E-state index in [0.29, 0.717) is 0 Å². The van der Waals surface area contributed by atoms with E-state index in [1.165, 1.54) is 11.8 Å². The van der Waals surface area contributed by atoms with Crippen molar-refractivity contribution in [2.45, 2.75) is 18.5 Å². The van der Waals surface area contributed by atoms with E-state index in [2.05, 4.69) is 33.2 Å².